The maximum Gasteiger partial charge on any atom is 0.178 e. The minimum absolute atomic E-state index is 0.0410. The van der Waals surface area contributed by atoms with Crippen LogP contribution >= 0.6 is 0 Å². The Morgan fingerprint density at radius 3 is 2.71 bits per heavy atom. The lowest BCUT2D eigenvalue weighted by atomic mass is 10.3. The van der Waals surface area contributed by atoms with Crippen LogP contribution in [0.5, 0.6) is 0 Å². The topological polar surface area (TPSA) is 69.4 Å². The van der Waals surface area contributed by atoms with E-state index in [9.17, 15) is 12.8 Å². The lowest BCUT2D eigenvalue weighted by molar-refractivity contribution is 0.148. The van der Waals surface area contributed by atoms with Gasteiger partial charge in [-0.1, -0.05) is 0 Å². The van der Waals surface area contributed by atoms with Gasteiger partial charge in [0.2, 0.25) is 0 Å². The summed E-state index contributed by atoms with van der Waals surface area (Å²) >= 11 is 0. The third-order valence-corrected chi connectivity index (χ3v) is 4.04. The van der Waals surface area contributed by atoms with Crippen molar-refractivity contribution in [1.29, 1.82) is 0 Å². The predicted octanol–water partition coefficient (Wildman–Crippen LogP) is 1.61. The predicted molar refractivity (Wildman–Crippen MR) is 64.0 cm³/mol. The van der Waals surface area contributed by atoms with Gasteiger partial charge in [0.15, 0.2) is 9.84 Å². The van der Waals surface area contributed by atoms with Crippen LogP contribution in [0.15, 0.2) is 23.1 Å². The molecule has 0 saturated heterocycles. The van der Waals surface area contributed by atoms with Crippen LogP contribution in [0.1, 0.15) is 13.3 Å². The second-order valence-electron chi connectivity index (χ2n) is 3.55. The third-order valence-electron chi connectivity index (χ3n) is 2.24. The van der Waals surface area contributed by atoms with Crippen molar-refractivity contribution in [3.05, 3.63) is 24.0 Å². The van der Waals surface area contributed by atoms with Crippen LogP contribution in [0.3, 0.4) is 0 Å². The van der Waals surface area contributed by atoms with Crippen molar-refractivity contribution in [2.45, 2.75) is 18.2 Å². The van der Waals surface area contributed by atoms with E-state index in [-0.39, 0.29) is 16.3 Å². The molecular formula is C11H16FNO3S. The number of rotatable bonds is 6. The van der Waals surface area contributed by atoms with Crippen molar-refractivity contribution in [2.24, 2.45) is 0 Å². The SMILES string of the molecule is CCOCCCS(=O)(=O)c1ccc(N)c(F)c1. The van der Waals surface area contributed by atoms with E-state index in [0.717, 1.165) is 6.07 Å². The van der Waals surface area contributed by atoms with E-state index < -0.39 is 15.7 Å². The molecule has 0 spiro atoms. The van der Waals surface area contributed by atoms with Crippen LogP contribution in [0.4, 0.5) is 10.1 Å². The quantitative estimate of drug-likeness (QED) is 0.624. The van der Waals surface area contributed by atoms with Gasteiger partial charge in [-0.2, -0.15) is 0 Å². The maximum absolute atomic E-state index is 13.1. The normalized spacial score (nSPS) is 11.6. The largest absolute Gasteiger partial charge is 0.396 e. The van der Waals surface area contributed by atoms with Gasteiger partial charge in [0.25, 0.3) is 0 Å². The molecule has 0 aliphatic carbocycles. The molecule has 2 N–H and O–H groups in total. The van der Waals surface area contributed by atoms with Gasteiger partial charge in [0, 0.05) is 13.2 Å². The zero-order valence-electron chi connectivity index (χ0n) is 9.65. The van der Waals surface area contributed by atoms with Gasteiger partial charge < -0.3 is 10.5 Å². The summed E-state index contributed by atoms with van der Waals surface area (Å²) < 4.78 is 41.8. The molecule has 17 heavy (non-hydrogen) atoms. The van der Waals surface area contributed by atoms with Gasteiger partial charge in [-0.15, -0.1) is 0 Å². The Hall–Kier alpha value is -1.14. The zero-order valence-corrected chi connectivity index (χ0v) is 10.5. The lowest BCUT2D eigenvalue weighted by Crippen LogP contribution is -2.10. The summed E-state index contributed by atoms with van der Waals surface area (Å²) in [5.41, 5.74) is 5.22. The number of anilines is 1. The summed E-state index contributed by atoms with van der Waals surface area (Å²) in [5.74, 6) is -0.771. The third kappa shape index (κ3) is 3.98. The number of nitrogens with two attached hydrogens (primary N) is 1. The highest BCUT2D eigenvalue weighted by Gasteiger charge is 2.15. The van der Waals surface area contributed by atoms with E-state index in [1.807, 2.05) is 6.92 Å². The van der Waals surface area contributed by atoms with Crippen LogP contribution < -0.4 is 5.73 Å². The fraction of sp³-hybridized carbons (Fsp3) is 0.455. The van der Waals surface area contributed by atoms with Crippen LogP contribution in [0.25, 0.3) is 0 Å². The number of sulfone groups is 1. The first kappa shape index (κ1) is 13.9. The minimum Gasteiger partial charge on any atom is -0.396 e. The van der Waals surface area contributed by atoms with Gasteiger partial charge >= 0.3 is 0 Å². The molecule has 0 atom stereocenters. The van der Waals surface area contributed by atoms with Gasteiger partial charge in [0.05, 0.1) is 16.3 Å². The number of nitrogen functional groups attached to an aromatic ring is 1. The monoisotopic (exact) mass is 261 g/mol. The van der Waals surface area contributed by atoms with E-state index in [1.54, 1.807) is 0 Å². The first-order chi connectivity index (χ1) is 7.97. The molecule has 0 fully saturated rings. The Morgan fingerprint density at radius 2 is 2.12 bits per heavy atom. The second kappa shape index (κ2) is 5.97. The van der Waals surface area contributed by atoms with Crippen LogP contribution in [0, 0.1) is 5.82 Å². The average molecular weight is 261 g/mol. The standard InChI is InChI=1S/C11H16FNO3S/c1-2-16-6-3-7-17(14,15)9-4-5-11(13)10(12)8-9/h4-5,8H,2-3,6-7,13H2,1H3. The van der Waals surface area contributed by atoms with Crippen LogP contribution in [-0.4, -0.2) is 27.4 Å². The Kier molecular flexibility index (Phi) is 4.89. The van der Waals surface area contributed by atoms with Crippen molar-refractivity contribution in [3.63, 3.8) is 0 Å². The second-order valence-corrected chi connectivity index (χ2v) is 5.66. The molecule has 0 saturated carbocycles. The fourth-order valence-corrected chi connectivity index (χ4v) is 2.61. The molecule has 0 aliphatic heterocycles. The molecule has 4 nitrogen and oxygen atoms in total. The fourth-order valence-electron chi connectivity index (χ4n) is 1.31. The molecule has 0 aliphatic rings. The molecule has 0 heterocycles. The summed E-state index contributed by atoms with van der Waals surface area (Å²) in [5, 5.41) is 0. The highest BCUT2D eigenvalue weighted by Crippen LogP contribution is 2.17. The van der Waals surface area contributed by atoms with Gasteiger partial charge in [-0.3, -0.25) is 0 Å². The van der Waals surface area contributed by atoms with Gasteiger partial charge in [-0.25, -0.2) is 12.8 Å². The molecule has 0 bridgehead atoms. The molecule has 1 aromatic rings. The summed E-state index contributed by atoms with van der Waals surface area (Å²) in [6.45, 7) is 2.77. The number of hydrogen-bond donors (Lipinski definition) is 1. The Bertz CT molecular complexity index is 474. The lowest BCUT2D eigenvalue weighted by Gasteiger charge is -2.05. The number of hydrogen-bond acceptors (Lipinski definition) is 4. The number of halogens is 1. The number of benzene rings is 1. The van der Waals surface area contributed by atoms with Crippen molar-refractivity contribution in [2.75, 3.05) is 24.7 Å². The molecule has 0 amide bonds. The summed E-state index contributed by atoms with van der Waals surface area (Å²) in [6.07, 6.45) is 0.391. The maximum atomic E-state index is 13.1. The molecule has 1 aromatic carbocycles. The van der Waals surface area contributed by atoms with E-state index in [0.29, 0.717) is 19.6 Å². The Labute approximate surface area is 101 Å². The Morgan fingerprint density at radius 1 is 1.41 bits per heavy atom. The van der Waals surface area contributed by atoms with Crippen molar-refractivity contribution >= 4 is 15.5 Å². The first-order valence-corrected chi connectivity index (χ1v) is 6.98. The van der Waals surface area contributed by atoms with Gasteiger partial charge in [0.1, 0.15) is 5.82 Å². The molecule has 0 radical (unpaired) electrons. The molecule has 6 heteroatoms. The van der Waals surface area contributed by atoms with Crippen molar-refractivity contribution < 1.29 is 17.5 Å². The molecule has 1 rings (SSSR count). The zero-order chi connectivity index (χ0) is 12.9. The smallest absolute Gasteiger partial charge is 0.178 e. The Balaban J connectivity index is 2.72. The van der Waals surface area contributed by atoms with Crippen LogP contribution in [0.2, 0.25) is 0 Å². The van der Waals surface area contributed by atoms with Crippen LogP contribution in [-0.2, 0) is 14.6 Å². The summed E-state index contributed by atoms with van der Waals surface area (Å²) in [6, 6.07) is 3.52. The first-order valence-electron chi connectivity index (χ1n) is 5.33. The highest BCUT2D eigenvalue weighted by molar-refractivity contribution is 7.91. The van der Waals surface area contributed by atoms with E-state index in [4.69, 9.17) is 10.5 Å². The van der Waals surface area contributed by atoms with E-state index >= 15 is 0 Å². The molecule has 96 valence electrons. The average Bonchev–Trinajstić information content (AvgIpc) is 2.28. The van der Waals surface area contributed by atoms with Crippen molar-refractivity contribution in [3.8, 4) is 0 Å². The summed E-state index contributed by atoms with van der Waals surface area (Å²) in [4.78, 5) is -0.0410. The number of ether oxygens (including phenoxy) is 1. The van der Waals surface area contributed by atoms with E-state index in [2.05, 4.69) is 0 Å². The minimum atomic E-state index is -3.46. The van der Waals surface area contributed by atoms with Gasteiger partial charge in [-0.05, 0) is 31.5 Å². The molecule has 0 unspecified atom stereocenters. The summed E-state index contributed by atoms with van der Waals surface area (Å²) in [7, 11) is -3.46. The molecular weight excluding hydrogens is 245 g/mol. The highest BCUT2D eigenvalue weighted by atomic mass is 32.2. The van der Waals surface area contributed by atoms with Crippen molar-refractivity contribution in [1.82, 2.24) is 0 Å². The van der Waals surface area contributed by atoms with E-state index in [1.165, 1.54) is 12.1 Å². The molecule has 0 aromatic heterocycles.